The summed E-state index contributed by atoms with van der Waals surface area (Å²) in [4.78, 5) is 0. The van der Waals surface area contributed by atoms with Gasteiger partial charge in [0.05, 0.1) is 119 Å². The Hall–Kier alpha value is -0.0500. The van der Waals surface area contributed by atoms with Crippen molar-refractivity contribution in [2.24, 2.45) is 5.73 Å². The van der Waals surface area contributed by atoms with Crippen LogP contribution in [0.3, 0.4) is 0 Å². The SMILES string of the molecule is NCCOCCOCCOCCOCCOCCOCCOCCOCCOCCS. The van der Waals surface area contributed by atoms with E-state index in [0.717, 1.165) is 5.75 Å². The smallest absolute Gasteiger partial charge is 0.0701 e. The van der Waals surface area contributed by atoms with E-state index in [9.17, 15) is 0 Å². The summed E-state index contributed by atoms with van der Waals surface area (Å²) in [6.07, 6.45) is 0. The van der Waals surface area contributed by atoms with Gasteiger partial charge in [-0.1, -0.05) is 0 Å². The van der Waals surface area contributed by atoms with Crippen molar-refractivity contribution < 1.29 is 42.6 Å². The molecule has 0 aliphatic heterocycles. The van der Waals surface area contributed by atoms with Crippen LogP contribution < -0.4 is 5.73 Å². The van der Waals surface area contributed by atoms with E-state index >= 15 is 0 Å². The highest BCUT2D eigenvalue weighted by molar-refractivity contribution is 7.80. The Balaban J connectivity index is 2.98. The molecule has 0 aromatic carbocycles. The number of hydrogen-bond donors (Lipinski definition) is 2. The van der Waals surface area contributed by atoms with Crippen LogP contribution in [0.4, 0.5) is 0 Å². The van der Waals surface area contributed by atoms with Crippen molar-refractivity contribution in [2.75, 3.05) is 131 Å². The lowest BCUT2D eigenvalue weighted by atomic mass is 10.6. The summed E-state index contributed by atoms with van der Waals surface area (Å²) >= 11 is 4.05. The van der Waals surface area contributed by atoms with Gasteiger partial charge in [-0.2, -0.15) is 12.6 Å². The quantitative estimate of drug-likeness (QED) is 0.119. The number of thiol groups is 1. The predicted octanol–water partition coefficient (Wildman–Crippen LogP) is 0.0243. The van der Waals surface area contributed by atoms with E-state index in [4.69, 9.17) is 48.4 Å². The van der Waals surface area contributed by atoms with Crippen molar-refractivity contribution in [1.29, 1.82) is 0 Å². The van der Waals surface area contributed by atoms with Crippen LogP contribution >= 0.6 is 12.6 Å². The van der Waals surface area contributed by atoms with Crippen molar-refractivity contribution >= 4 is 12.6 Å². The van der Waals surface area contributed by atoms with Crippen molar-refractivity contribution in [1.82, 2.24) is 0 Å². The normalized spacial score (nSPS) is 11.4. The first kappa shape index (κ1) is 30.9. The molecule has 10 nitrogen and oxygen atoms in total. The predicted molar refractivity (Wildman–Crippen MR) is 120 cm³/mol. The fourth-order valence-electron chi connectivity index (χ4n) is 2.01. The molecule has 0 atom stereocenters. The average Bonchev–Trinajstić information content (AvgIpc) is 2.78. The lowest BCUT2D eigenvalue weighted by molar-refractivity contribution is -0.0246. The number of hydrogen-bond acceptors (Lipinski definition) is 11. The van der Waals surface area contributed by atoms with Gasteiger partial charge in [0.1, 0.15) is 0 Å². The first-order valence-corrected chi connectivity index (χ1v) is 11.6. The summed E-state index contributed by atoms with van der Waals surface area (Å²) in [5, 5.41) is 0. The summed E-state index contributed by atoms with van der Waals surface area (Å²) in [6.45, 7) is 10.4. The summed E-state index contributed by atoms with van der Waals surface area (Å²) in [6, 6.07) is 0. The maximum Gasteiger partial charge on any atom is 0.0701 e. The van der Waals surface area contributed by atoms with Crippen LogP contribution in [-0.4, -0.2) is 131 Å². The van der Waals surface area contributed by atoms with Crippen LogP contribution in [0.5, 0.6) is 0 Å². The molecule has 188 valence electrons. The lowest BCUT2D eigenvalue weighted by Gasteiger charge is -2.08. The van der Waals surface area contributed by atoms with E-state index in [0.29, 0.717) is 125 Å². The topological polar surface area (TPSA) is 109 Å². The molecule has 0 unspecified atom stereocenters. The Bertz CT molecular complexity index is 292. The largest absolute Gasteiger partial charge is 0.378 e. The Morgan fingerprint density at radius 3 is 0.710 bits per heavy atom. The van der Waals surface area contributed by atoms with E-state index in [1.54, 1.807) is 0 Å². The van der Waals surface area contributed by atoms with Crippen LogP contribution in [0, 0.1) is 0 Å². The number of rotatable bonds is 28. The van der Waals surface area contributed by atoms with Gasteiger partial charge in [-0.3, -0.25) is 0 Å². The van der Waals surface area contributed by atoms with E-state index in [1.165, 1.54) is 0 Å². The van der Waals surface area contributed by atoms with Gasteiger partial charge in [0.2, 0.25) is 0 Å². The number of ether oxygens (including phenoxy) is 9. The van der Waals surface area contributed by atoms with Crippen molar-refractivity contribution in [3.05, 3.63) is 0 Å². The maximum atomic E-state index is 5.43. The highest BCUT2D eigenvalue weighted by Crippen LogP contribution is 1.86. The second-order valence-corrected chi connectivity index (χ2v) is 6.47. The van der Waals surface area contributed by atoms with Gasteiger partial charge in [-0.15, -0.1) is 0 Å². The second kappa shape index (κ2) is 29.9. The molecule has 0 rings (SSSR count). The summed E-state index contributed by atoms with van der Waals surface area (Å²) < 4.78 is 48.2. The fourth-order valence-corrected chi connectivity index (χ4v) is 2.14. The van der Waals surface area contributed by atoms with Gasteiger partial charge in [0.15, 0.2) is 0 Å². The molecule has 0 aromatic heterocycles. The highest BCUT2D eigenvalue weighted by Gasteiger charge is 1.95. The van der Waals surface area contributed by atoms with Crippen LogP contribution in [0.2, 0.25) is 0 Å². The zero-order valence-electron chi connectivity index (χ0n) is 18.8. The molecule has 0 amide bonds. The van der Waals surface area contributed by atoms with Crippen molar-refractivity contribution in [2.45, 2.75) is 0 Å². The minimum atomic E-state index is 0.529. The van der Waals surface area contributed by atoms with Gasteiger partial charge >= 0.3 is 0 Å². The van der Waals surface area contributed by atoms with E-state index in [2.05, 4.69) is 12.6 Å². The van der Waals surface area contributed by atoms with Crippen molar-refractivity contribution in [3.8, 4) is 0 Å². The van der Waals surface area contributed by atoms with Gasteiger partial charge in [0.25, 0.3) is 0 Å². The van der Waals surface area contributed by atoms with Crippen molar-refractivity contribution in [3.63, 3.8) is 0 Å². The minimum absolute atomic E-state index is 0.529. The summed E-state index contributed by atoms with van der Waals surface area (Å²) in [7, 11) is 0. The first-order chi connectivity index (χ1) is 15.4. The molecule has 0 aliphatic rings. The molecule has 0 radical (unpaired) electrons. The molecule has 0 aromatic rings. The molecule has 0 aliphatic carbocycles. The number of nitrogens with two attached hydrogens (primary N) is 1. The highest BCUT2D eigenvalue weighted by atomic mass is 32.1. The average molecular weight is 474 g/mol. The molecule has 0 spiro atoms. The molecular weight excluding hydrogens is 430 g/mol. The second-order valence-electron chi connectivity index (χ2n) is 6.02. The molecule has 11 heteroatoms. The van der Waals surface area contributed by atoms with E-state index in [1.807, 2.05) is 0 Å². The van der Waals surface area contributed by atoms with Crippen LogP contribution in [0.25, 0.3) is 0 Å². The molecule has 0 fully saturated rings. The van der Waals surface area contributed by atoms with E-state index < -0.39 is 0 Å². The molecule has 0 saturated carbocycles. The molecular formula is C20H43NO9S. The summed E-state index contributed by atoms with van der Waals surface area (Å²) in [5.74, 6) is 0.724. The minimum Gasteiger partial charge on any atom is -0.378 e. The standard InChI is InChI=1S/C20H43NO9S/c21-1-2-22-3-4-23-5-6-24-7-8-25-9-10-26-11-12-27-13-14-28-15-16-29-17-18-30-19-20-31/h31H,1-21H2. The Labute approximate surface area is 192 Å². The third kappa shape index (κ3) is 29.9. The summed E-state index contributed by atoms with van der Waals surface area (Å²) in [5.41, 5.74) is 5.31. The Morgan fingerprint density at radius 1 is 0.323 bits per heavy atom. The molecule has 0 saturated heterocycles. The van der Waals surface area contributed by atoms with Crippen LogP contribution in [0.15, 0.2) is 0 Å². The van der Waals surface area contributed by atoms with Crippen LogP contribution in [0.1, 0.15) is 0 Å². The Kier molecular flexibility index (Phi) is 29.9. The molecule has 0 bridgehead atoms. The van der Waals surface area contributed by atoms with Gasteiger partial charge in [0, 0.05) is 12.3 Å². The first-order valence-electron chi connectivity index (χ1n) is 10.9. The monoisotopic (exact) mass is 473 g/mol. The molecule has 0 heterocycles. The van der Waals surface area contributed by atoms with E-state index in [-0.39, 0.29) is 0 Å². The third-order valence-electron chi connectivity index (χ3n) is 3.47. The van der Waals surface area contributed by atoms with Gasteiger partial charge < -0.3 is 48.4 Å². The fraction of sp³-hybridized carbons (Fsp3) is 1.00. The maximum absolute atomic E-state index is 5.43. The zero-order valence-corrected chi connectivity index (χ0v) is 19.7. The zero-order chi connectivity index (χ0) is 22.5. The lowest BCUT2D eigenvalue weighted by Crippen LogP contribution is -2.15. The third-order valence-corrected chi connectivity index (χ3v) is 3.66. The molecule has 2 N–H and O–H groups in total. The van der Waals surface area contributed by atoms with Gasteiger partial charge in [-0.05, 0) is 0 Å². The van der Waals surface area contributed by atoms with Gasteiger partial charge in [-0.25, -0.2) is 0 Å². The van der Waals surface area contributed by atoms with Crippen LogP contribution in [-0.2, 0) is 42.6 Å². The molecule has 31 heavy (non-hydrogen) atoms. The Morgan fingerprint density at radius 2 is 0.516 bits per heavy atom.